The number of nitrogens with one attached hydrogen (secondary N) is 2. The Morgan fingerprint density at radius 2 is 1.62 bits per heavy atom. The maximum atomic E-state index is 13.2. The fraction of sp³-hybridized carbons (Fsp3) is 0.318. The van der Waals surface area contributed by atoms with Crippen LogP contribution >= 0.6 is 0 Å². The van der Waals surface area contributed by atoms with Crippen molar-refractivity contribution in [3.05, 3.63) is 59.7 Å². The van der Waals surface area contributed by atoms with Gasteiger partial charge in [0.05, 0.1) is 13.2 Å². The number of alkyl halides is 2. The fourth-order valence-electron chi connectivity index (χ4n) is 3.53. The van der Waals surface area contributed by atoms with Crippen LogP contribution in [0.5, 0.6) is 0 Å². The Morgan fingerprint density at radius 1 is 1.06 bits per heavy atom. The monoisotopic (exact) mass is 448 g/mol. The lowest BCUT2D eigenvalue weighted by atomic mass is 9.98. The number of fused-ring (bicyclic) bond motifs is 3. The van der Waals surface area contributed by atoms with Gasteiger partial charge in [0, 0.05) is 13.0 Å². The van der Waals surface area contributed by atoms with E-state index in [0.717, 1.165) is 22.3 Å². The molecule has 0 aliphatic heterocycles. The number of hydrogen-bond donors (Lipinski definition) is 3. The van der Waals surface area contributed by atoms with Crippen LogP contribution in [-0.2, 0) is 19.1 Å². The molecule has 0 radical (unpaired) electrons. The molecule has 32 heavy (non-hydrogen) atoms. The molecule has 8 nitrogen and oxygen atoms in total. The minimum Gasteiger partial charge on any atom is -0.477 e. The van der Waals surface area contributed by atoms with Crippen LogP contribution in [0, 0.1) is 0 Å². The number of carbonyl (C=O) groups excluding carboxylic acids is 2. The van der Waals surface area contributed by atoms with Gasteiger partial charge in [-0.2, -0.15) is 8.78 Å². The molecule has 10 heteroatoms. The van der Waals surface area contributed by atoms with Crippen molar-refractivity contribution in [2.45, 2.75) is 17.9 Å². The minimum absolute atomic E-state index is 0.00172. The maximum absolute atomic E-state index is 13.2. The van der Waals surface area contributed by atoms with Gasteiger partial charge in [0.25, 0.3) is 0 Å². The van der Waals surface area contributed by atoms with Crippen molar-refractivity contribution in [1.29, 1.82) is 0 Å². The topological polar surface area (TPSA) is 114 Å². The number of hydrogen-bond acceptors (Lipinski definition) is 5. The molecule has 3 N–H and O–H groups in total. The van der Waals surface area contributed by atoms with Crippen molar-refractivity contribution in [1.82, 2.24) is 10.6 Å². The molecule has 1 aliphatic rings. The minimum atomic E-state index is -4.14. The summed E-state index contributed by atoms with van der Waals surface area (Å²) < 4.78 is 36.6. The van der Waals surface area contributed by atoms with E-state index in [2.05, 4.69) is 5.32 Å². The van der Waals surface area contributed by atoms with Crippen LogP contribution in [0.1, 0.15) is 17.0 Å². The largest absolute Gasteiger partial charge is 0.477 e. The lowest BCUT2D eigenvalue weighted by Gasteiger charge is -2.20. The molecule has 0 heterocycles. The second-order valence-corrected chi connectivity index (χ2v) is 7.21. The number of carboxylic acids is 1. The number of carboxylic acid groups (broad SMARTS) is 1. The van der Waals surface area contributed by atoms with Crippen LogP contribution in [0.2, 0.25) is 0 Å². The Kier molecular flexibility index (Phi) is 7.04. The zero-order chi connectivity index (χ0) is 23.3. The first-order chi connectivity index (χ1) is 15.2. The van der Waals surface area contributed by atoms with Crippen molar-refractivity contribution in [2.24, 2.45) is 0 Å². The average Bonchev–Trinajstić information content (AvgIpc) is 3.09. The molecular weight excluding hydrogens is 426 g/mol. The average molecular weight is 448 g/mol. The standard InChI is InChI=1S/C22H22F2N2O6/c1-31-11-18(19(27)25-12-22(23,24)20(28)29)26-21(30)32-10-17-15-8-4-2-6-13(15)14-7-3-5-9-16(14)17/h2-9,17-18H,10-12H2,1H3,(H,25,27)(H,26,30)(H,28,29)/t18-/m0/s1. The van der Waals surface area contributed by atoms with Gasteiger partial charge in [-0.05, 0) is 22.3 Å². The van der Waals surface area contributed by atoms with E-state index >= 15 is 0 Å². The van der Waals surface area contributed by atoms with Gasteiger partial charge < -0.3 is 25.2 Å². The predicted octanol–water partition coefficient (Wildman–Crippen LogP) is 2.38. The number of amides is 2. The van der Waals surface area contributed by atoms with Crippen LogP contribution in [0.4, 0.5) is 13.6 Å². The third-order valence-corrected chi connectivity index (χ3v) is 5.08. The fourth-order valence-corrected chi connectivity index (χ4v) is 3.53. The van der Waals surface area contributed by atoms with Crippen molar-refractivity contribution < 1.29 is 37.7 Å². The van der Waals surface area contributed by atoms with E-state index in [-0.39, 0.29) is 19.1 Å². The van der Waals surface area contributed by atoms with Gasteiger partial charge in [0.1, 0.15) is 12.6 Å². The molecule has 2 aromatic carbocycles. The summed E-state index contributed by atoms with van der Waals surface area (Å²) in [5, 5.41) is 12.5. The number of halogens is 2. The van der Waals surface area contributed by atoms with Gasteiger partial charge in [0.2, 0.25) is 5.91 Å². The van der Waals surface area contributed by atoms with Crippen molar-refractivity contribution in [3.63, 3.8) is 0 Å². The third kappa shape index (κ3) is 5.02. The molecule has 2 aromatic rings. The predicted molar refractivity (Wildman–Crippen MR) is 109 cm³/mol. The normalized spacial score (nSPS) is 13.6. The second kappa shape index (κ2) is 9.73. The maximum Gasteiger partial charge on any atom is 0.407 e. The first kappa shape index (κ1) is 23.1. The van der Waals surface area contributed by atoms with Crippen LogP contribution in [0.25, 0.3) is 11.1 Å². The number of aliphatic carboxylic acids is 1. The quantitative estimate of drug-likeness (QED) is 0.543. The Hall–Kier alpha value is -3.53. The van der Waals surface area contributed by atoms with Crippen molar-refractivity contribution in [2.75, 3.05) is 26.9 Å². The molecule has 0 saturated carbocycles. The zero-order valence-corrected chi connectivity index (χ0v) is 17.1. The summed E-state index contributed by atoms with van der Waals surface area (Å²) in [6.45, 7) is -1.75. The van der Waals surface area contributed by atoms with E-state index in [1.54, 1.807) is 5.32 Å². The van der Waals surface area contributed by atoms with Crippen LogP contribution in [0.3, 0.4) is 0 Å². The highest BCUT2D eigenvalue weighted by Crippen LogP contribution is 2.44. The number of rotatable bonds is 9. The highest BCUT2D eigenvalue weighted by atomic mass is 19.3. The zero-order valence-electron chi connectivity index (χ0n) is 17.1. The SMILES string of the molecule is COC[C@H](NC(=O)OCC1c2ccccc2-c2ccccc21)C(=O)NCC(F)(F)C(=O)O. The van der Waals surface area contributed by atoms with Crippen LogP contribution in [0.15, 0.2) is 48.5 Å². The molecule has 0 fully saturated rings. The highest BCUT2D eigenvalue weighted by molar-refractivity contribution is 5.86. The van der Waals surface area contributed by atoms with Gasteiger partial charge >= 0.3 is 18.0 Å². The Balaban J connectivity index is 1.61. The molecule has 0 saturated heterocycles. The lowest BCUT2D eigenvalue weighted by Crippen LogP contribution is -2.52. The van der Waals surface area contributed by atoms with E-state index in [9.17, 15) is 23.2 Å². The molecule has 3 rings (SSSR count). The number of carbonyl (C=O) groups is 3. The number of ether oxygens (including phenoxy) is 2. The van der Waals surface area contributed by atoms with Crippen LogP contribution < -0.4 is 10.6 Å². The molecule has 0 aromatic heterocycles. The van der Waals surface area contributed by atoms with Gasteiger partial charge in [0.15, 0.2) is 0 Å². The van der Waals surface area contributed by atoms with E-state index in [0.29, 0.717) is 0 Å². The molecule has 0 bridgehead atoms. The lowest BCUT2D eigenvalue weighted by molar-refractivity contribution is -0.164. The molecule has 1 atom stereocenters. The summed E-state index contributed by atoms with van der Waals surface area (Å²) in [7, 11) is 1.26. The van der Waals surface area contributed by atoms with Gasteiger partial charge in [-0.1, -0.05) is 48.5 Å². The summed E-state index contributed by atoms with van der Waals surface area (Å²) in [5.41, 5.74) is 4.10. The Bertz CT molecular complexity index is 968. The second-order valence-electron chi connectivity index (χ2n) is 7.21. The molecule has 1 aliphatic carbocycles. The van der Waals surface area contributed by atoms with Crippen molar-refractivity contribution >= 4 is 18.0 Å². The number of alkyl carbamates (subject to hydrolysis) is 1. The molecule has 0 unspecified atom stereocenters. The number of methoxy groups -OCH3 is 1. The Morgan fingerprint density at radius 3 is 2.16 bits per heavy atom. The van der Waals surface area contributed by atoms with Crippen molar-refractivity contribution in [3.8, 4) is 11.1 Å². The third-order valence-electron chi connectivity index (χ3n) is 5.08. The summed E-state index contributed by atoms with van der Waals surface area (Å²) in [6.07, 6.45) is -0.936. The van der Waals surface area contributed by atoms with Crippen LogP contribution in [-0.4, -0.2) is 61.9 Å². The first-order valence-corrected chi connectivity index (χ1v) is 9.74. The van der Waals surface area contributed by atoms with Gasteiger partial charge in [-0.25, -0.2) is 9.59 Å². The smallest absolute Gasteiger partial charge is 0.407 e. The molecular formula is C22H22F2N2O6. The summed E-state index contributed by atoms with van der Waals surface area (Å²) in [5.74, 6) is -7.74. The van der Waals surface area contributed by atoms with E-state index in [1.807, 2.05) is 48.5 Å². The summed E-state index contributed by atoms with van der Waals surface area (Å²) >= 11 is 0. The van der Waals surface area contributed by atoms with E-state index < -0.39 is 36.5 Å². The summed E-state index contributed by atoms with van der Waals surface area (Å²) in [4.78, 5) is 34.9. The summed E-state index contributed by atoms with van der Waals surface area (Å²) in [6, 6.07) is 14.2. The Labute approximate surface area is 182 Å². The van der Waals surface area contributed by atoms with Gasteiger partial charge in [-0.15, -0.1) is 0 Å². The highest BCUT2D eigenvalue weighted by Gasteiger charge is 2.39. The molecule has 170 valence electrons. The number of benzene rings is 2. The van der Waals surface area contributed by atoms with E-state index in [1.165, 1.54) is 7.11 Å². The van der Waals surface area contributed by atoms with Gasteiger partial charge in [-0.3, -0.25) is 4.79 Å². The molecule has 0 spiro atoms. The van der Waals surface area contributed by atoms with E-state index in [4.69, 9.17) is 14.6 Å². The first-order valence-electron chi connectivity index (χ1n) is 9.74. The molecule has 2 amide bonds.